The predicted molar refractivity (Wildman–Crippen MR) is 120 cm³/mol. The van der Waals surface area contributed by atoms with Gasteiger partial charge in [-0.25, -0.2) is 13.1 Å². The molecular formula is C23H22N2O4S2. The number of nitrogens with one attached hydrogen (secondary N) is 1. The second kappa shape index (κ2) is 8.29. The molecule has 3 aromatic rings. The van der Waals surface area contributed by atoms with Crippen LogP contribution in [0, 0.1) is 0 Å². The van der Waals surface area contributed by atoms with Crippen LogP contribution in [0.3, 0.4) is 0 Å². The maximum Gasteiger partial charge on any atom is 0.240 e. The van der Waals surface area contributed by atoms with E-state index in [1.807, 2.05) is 36.4 Å². The third-order valence-corrected chi connectivity index (χ3v) is 8.19. The van der Waals surface area contributed by atoms with Gasteiger partial charge in [0.05, 0.1) is 47.7 Å². The summed E-state index contributed by atoms with van der Waals surface area (Å²) in [6.45, 7) is 0.397. The molecule has 2 N–H and O–H groups in total. The van der Waals surface area contributed by atoms with Gasteiger partial charge >= 0.3 is 0 Å². The zero-order valence-corrected chi connectivity index (χ0v) is 18.2. The van der Waals surface area contributed by atoms with Crippen LogP contribution in [0.5, 0.6) is 0 Å². The lowest BCUT2D eigenvalue weighted by Crippen LogP contribution is -2.60. The molecule has 160 valence electrons. The molecule has 0 aromatic heterocycles. The van der Waals surface area contributed by atoms with Gasteiger partial charge in [0.1, 0.15) is 0 Å². The summed E-state index contributed by atoms with van der Waals surface area (Å²) in [5.41, 5.74) is 1.95. The molecule has 0 saturated carbocycles. The van der Waals surface area contributed by atoms with Crippen molar-refractivity contribution in [3.8, 4) is 0 Å². The molecule has 0 amide bonds. The van der Waals surface area contributed by atoms with E-state index in [0.717, 1.165) is 21.2 Å². The van der Waals surface area contributed by atoms with Crippen molar-refractivity contribution in [1.29, 1.82) is 0 Å². The fourth-order valence-corrected chi connectivity index (χ4v) is 6.40. The summed E-state index contributed by atoms with van der Waals surface area (Å²) >= 11 is 1.68. The number of sulfonamides is 1. The van der Waals surface area contributed by atoms with Crippen LogP contribution in [0.2, 0.25) is 0 Å². The number of aliphatic hydroxyl groups is 1. The highest BCUT2D eigenvalue weighted by Crippen LogP contribution is 2.49. The summed E-state index contributed by atoms with van der Waals surface area (Å²) < 4.78 is 34.1. The lowest BCUT2D eigenvalue weighted by atomic mass is 9.99. The van der Waals surface area contributed by atoms with Crippen molar-refractivity contribution in [2.75, 3.05) is 18.1 Å². The first-order valence-corrected chi connectivity index (χ1v) is 12.3. The van der Waals surface area contributed by atoms with Crippen molar-refractivity contribution in [2.24, 2.45) is 0 Å². The minimum atomic E-state index is -3.78. The van der Waals surface area contributed by atoms with E-state index in [4.69, 9.17) is 4.74 Å². The Balaban J connectivity index is 1.48. The highest BCUT2D eigenvalue weighted by molar-refractivity contribution is 7.99. The van der Waals surface area contributed by atoms with Gasteiger partial charge in [-0.3, -0.25) is 0 Å². The van der Waals surface area contributed by atoms with Crippen molar-refractivity contribution < 1.29 is 18.3 Å². The van der Waals surface area contributed by atoms with Gasteiger partial charge in [-0.2, -0.15) is 0 Å². The number of benzene rings is 3. The molecule has 8 heteroatoms. The van der Waals surface area contributed by atoms with E-state index in [-0.39, 0.29) is 18.1 Å². The van der Waals surface area contributed by atoms with Crippen molar-refractivity contribution in [3.05, 3.63) is 78.9 Å². The van der Waals surface area contributed by atoms with E-state index in [1.54, 1.807) is 30.0 Å². The molecule has 1 saturated heterocycles. The average molecular weight is 455 g/mol. The first-order chi connectivity index (χ1) is 15.0. The molecule has 3 unspecified atom stereocenters. The Morgan fingerprint density at radius 1 is 0.871 bits per heavy atom. The first-order valence-electron chi connectivity index (χ1n) is 10.0. The molecule has 5 rings (SSSR count). The van der Waals surface area contributed by atoms with E-state index < -0.39 is 28.2 Å². The normalized spacial score (nSPS) is 23.1. The Kier molecular flexibility index (Phi) is 5.49. The van der Waals surface area contributed by atoms with Crippen molar-refractivity contribution in [3.63, 3.8) is 0 Å². The average Bonchev–Trinajstić information content (AvgIpc) is 2.80. The molecule has 31 heavy (non-hydrogen) atoms. The molecule has 2 aliphatic rings. The zero-order valence-electron chi connectivity index (χ0n) is 16.6. The molecule has 6 nitrogen and oxygen atoms in total. The number of anilines is 2. The maximum absolute atomic E-state index is 12.8. The van der Waals surface area contributed by atoms with Gasteiger partial charge in [-0.1, -0.05) is 54.2 Å². The summed E-state index contributed by atoms with van der Waals surface area (Å²) in [5, 5.41) is 11.3. The second-order valence-corrected chi connectivity index (χ2v) is 10.3. The number of aliphatic hydroxyl groups excluding tert-OH is 1. The molecule has 0 bridgehead atoms. The highest BCUT2D eigenvalue weighted by Gasteiger charge is 2.41. The summed E-state index contributed by atoms with van der Waals surface area (Å²) in [5.74, 6) is 0. The van der Waals surface area contributed by atoms with Crippen molar-refractivity contribution >= 4 is 33.2 Å². The number of para-hydroxylation sites is 2. The van der Waals surface area contributed by atoms with Gasteiger partial charge < -0.3 is 14.7 Å². The van der Waals surface area contributed by atoms with E-state index in [1.165, 1.54) is 12.1 Å². The number of ether oxygens (including phenoxy) is 1. The molecule has 1 fully saturated rings. The lowest BCUT2D eigenvalue weighted by molar-refractivity contribution is -0.0244. The molecule has 0 radical (unpaired) electrons. The van der Waals surface area contributed by atoms with Gasteiger partial charge in [0.15, 0.2) is 0 Å². The number of rotatable bonds is 4. The standard InChI is InChI=1S/C23H22N2O4S2/c26-23-17(24-31(27,28)16-8-2-1-3-9-16)14-29-15-20(23)25-18-10-4-6-12-21(18)30-22-13-7-5-11-19(22)25/h1-13,17,20,23-24,26H,14-15H2. The molecule has 2 aliphatic heterocycles. The highest BCUT2D eigenvalue weighted by atomic mass is 32.2. The third-order valence-electron chi connectivity index (χ3n) is 5.55. The molecule has 2 heterocycles. The molecule has 0 aliphatic carbocycles. The summed E-state index contributed by atoms with van der Waals surface area (Å²) in [6.07, 6.45) is -0.962. The lowest BCUT2D eigenvalue weighted by Gasteiger charge is -2.44. The van der Waals surface area contributed by atoms with Crippen LogP contribution in [-0.4, -0.2) is 44.9 Å². The third kappa shape index (κ3) is 3.86. The summed E-state index contributed by atoms with van der Waals surface area (Å²) in [7, 11) is -3.78. The molecule has 3 atom stereocenters. The maximum atomic E-state index is 12.8. The van der Waals surface area contributed by atoms with Crippen LogP contribution >= 0.6 is 11.8 Å². The van der Waals surface area contributed by atoms with Crippen LogP contribution < -0.4 is 9.62 Å². The fraction of sp³-hybridized carbons (Fsp3) is 0.217. The summed E-state index contributed by atoms with van der Waals surface area (Å²) in [6, 6.07) is 23.0. The Morgan fingerprint density at radius 3 is 2.10 bits per heavy atom. The SMILES string of the molecule is O=S(=O)(NC1COCC(N2c3ccccc3Sc3ccccc32)C1O)c1ccccc1. The van der Waals surface area contributed by atoms with Gasteiger partial charge in [0.25, 0.3) is 0 Å². The minimum Gasteiger partial charge on any atom is -0.389 e. The van der Waals surface area contributed by atoms with Gasteiger partial charge in [0, 0.05) is 9.79 Å². The van der Waals surface area contributed by atoms with Crippen LogP contribution in [0.4, 0.5) is 11.4 Å². The van der Waals surface area contributed by atoms with Crippen LogP contribution in [0.15, 0.2) is 93.5 Å². The van der Waals surface area contributed by atoms with Crippen molar-refractivity contribution in [1.82, 2.24) is 4.72 Å². The Hall–Kier alpha value is -2.36. The second-order valence-electron chi connectivity index (χ2n) is 7.54. The van der Waals surface area contributed by atoms with E-state index >= 15 is 0 Å². The predicted octanol–water partition coefficient (Wildman–Crippen LogP) is 3.40. The monoisotopic (exact) mass is 454 g/mol. The quantitative estimate of drug-likeness (QED) is 0.629. The Labute approximate surface area is 185 Å². The van der Waals surface area contributed by atoms with Gasteiger partial charge in [-0.15, -0.1) is 0 Å². The molecule has 0 spiro atoms. The van der Waals surface area contributed by atoms with E-state index in [9.17, 15) is 13.5 Å². The number of hydrogen-bond acceptors (Lipinski definition) is 6. The Morgan fingerprint density at radius 2 is 1.45 bits per heavy atom. The first kappa shape index (κ1) is 20.5. The van der Waals surface area contributed by atoms with Gasteiger partial charge in [-0.05, 0) is 36.4 Å². The van der Waals surface area contributed by atoms with Gasteiger partial charge in [0.2, 0.25) is 10.0 Å². The number of fused-ring (bicyclic) bond motifs is 2. The largest absolute Gasteiger partial charge is 0.389 e. The Bertz CT molecular complexity index is 1140. The van der Waals surface area contributed by atoms with Crippen molar-refractivity contribution in [2.45, 2.75) is 32.9 Å². The van der Waals surface area contributed by atoms with E-state index in [2.05, 4.69) is 21.8 Å². The fourth-order valence-electron chi connectivity index (χ4n) is 4.07. The zero-order chi connectivity index (χ0) is 21.4. The minimum absolute atomic E-state index is 0.107. The molecular weight excluding hydrogens is 432 g/mol. The van der Waals surface area contributed by atoms with Crippen LogP contribution in [0.1, 0.15) is 0 Å². The number of nitrogens with zero attached hydrogens (tertiary/aromatic N) is 1. The van der Waals surface area contributed by atoms with Crippen LogP contribution in [-0.2, 0) is 14.8 Å². The topological polar surface area (TPSA) is 78.9 Å². The smallest absolute Gasteiger partial charge is 0.240 e. The summed E-state index contributed by atoms with van der Waals surface area (Å²) in [4.78, 5) is 4.41. The number of hydrogen-bond donors (Lipinski definition) is 2. The van der Waals surface area contributed by atoms with Crippen LogP contribution in [0.25, 0.3) is 0 Å². The molecule has 3 aromatic carbocycles. The van der Waals surface area contributed by atoms with E-state index in [0.29, 0.717) is 0 Å².